The number of alkyl halides is 3. The summed E-state index contributed by atoms with van der Waals surface area (Å²) in [6, 6.07) is 9.27. The van der Waals surface area contributed by atoms with E-state index in [-0.39, 0.29) is 17.5 Å². The number of aliphatic carboxylic acids is 1. The van der Waals surface area contributed by atoms with Crippen molar-refractivity contribution in [1.82, 2.24) is 5.32 Å². The second-order valence-electron chi connectivity index (χ2n) is 7.89. The molecule has 0 aliphatic carbocycles. The molecule has 2 N–H and O–H groups in total. The third kappa shape index (κ3) is 5.19. The van der Waals surface area contributed by atoms with Gasteiger partial charge >= 0.3 is 11.5 Å². The third-order valence-corrected chi connectivity index (χ3v) is 7.03. The Balaban J connectivity index is 1.82. The van der Waals surface area contributed by atoms with Gasteiger partial charge in [0.25, 0.3) is 15.7 Å². The van der Waals surface area contributed by atoms with Crippen LogP contribution in [0.15, 0.2) is 53.4 Å². The Labute approximate surface area is 188 Å². The summed E-state index contributed by atoms with van der Waals surface area (Å²) in [6.07, 6.45) is 1.08. The summed E-state index contributed by atoms with van der Waals surface area (Å²) in [7, 11) is -5.56. The number of sulfone groups is 1. The number of carbonyl (C=O) groups excluding carboxylic acids is 1. The summed E-state index contributed by atoms with van der Waals surface area (Å²) >= 11 is 0. The van der Waals surface area contributed by atoms with Crippen LogP contribution in [-0.2, 0) is 30.6 Å². The molecule has 33 heavy (non-hydrogen) atoms. The van der Waals surface area contributed by atoms with Gasteiger partial charge < -0.3 is 15.2 Å². The van der Waals surface area contributed by atoms with Crippen LogP contribution in [0.5, 0.6) is 0 Å². The molecule has 0 radical (unpaired) electrons. The summed E-state index contributed by atoms with van der Waals surface area (Å²) < 4.78 is 68.5. The van der Waals surface area contributed by atoms with Crippen molar-refractivity contribution in [2.75, 3.05) is 6.61 Å². The van der Waals surface area contributed by atoms with Gasteiger partial charge in [0.05, 0.1) is 4.90 Å². The quantitative estimate of drug-likeness (QED) is 0.623. The van der Waals surface area contributed by atoms with E-state index >= 15 is 0 Å². The molecule has 178 valence electrons. The first-order valence-electron chi connectivity index (χ1n) is 10.0. The second-order valence-corrected chi connectivity index (χ2v) is 9.80. The Morgan fingerprint density at radius 1 is 1.15 bits per heavy atom. The van der Waals surface area contributed by atoms with Crippen LogP contribution in [0.2, 0.25) is 0 Å². The number of benzene rings is 2. The fraction of sp³-hybridized carbons (Fsp3) is 0.364. The number of ether oxygens (including phenoxy) is 1. The molecule has 2 aromatic carbocycles. The molecule has 11 heteroatoms. The first-order valence-corrected chi connectivity index (χ1v) is 11.5. The van der Waals surface area contributed by atoms with Gasteiger partial charge in [0.2, 0.25) is 0 Å². The van der Waals surface area contributed by atoms with E-state index in [9.17, 15) is 36.3 Å². The average molecular weight is 485 g/mol. The maximum absolute atomic E-state index is 13.1. The Hall–Kier alpha value is -2.92. The zero-order valence-electron chi connectivity index (χ0n) is 17.6. The summed E-state index contributed by atoms with van der Waals surface area (Å²) in [5.41, 5.74) is -5.97. The number of rotatable bonds is 7. The monoisotopic (exact) mass is 485 g/mol. The van der Waals surface area contributed by atoms with Crippen LogP contribution in [0.3, 0.4) is 0 Å². The number of carbonyl (C=O) groups is 2. The summed E-state index contributed by atoms with van der Waals surface area (Å²) in [5.74, 6) is -1.79. The molecule has 2 aromatic rings. The highest BCUT2D eigenvalue weighted by Gasteiger charge is 2.47. The minimum atomic E-state index is -5.56. The van der Waals surface area contributed by atoms with Gasteiger partial charge in [-0.2, -0.15) is 13.2 Å². The topological polar surface area (TPSA) is 110 Å². The molecule has 7 nitrogen and oxygen atoms in total. The molecule has 1 fully saturated rings. The lowest BCUT2D eigenvalue weighted by Gasteiger charge is -2.24. The molecular weight excluding hydrogens is 463 g/mol. The van der Waals surface area contributed by atoms with Crippen molar-refractivity contribution in [3.63, 3.8) is 0 Å². The van der Waals surface area contributed by atoms with Crippen molar-refractivity contribution < 1.29 is 41.0 Å². The highest BCUT2D eigenvalue weighted by molar-refractivity contribution is 7.92. The lowest BCUT2D eigenvalue weighted by Crippen LogP contribution is -2.51. The van der Waals surface area contributed by atoms with E-state index in [0.717, 1.165) is 6.07 Å². The molecular formula is C22H22F3NO6S. The Bertz CT molecular complexity index is 1140. The molecule has 3 rings (SSSR count). The van der Waals surface area contributed by atoms with Crippen LogP contribution in [0.1, 0.15) is 25.3 Å². The van der Waals surface area contributed by atoms with E-state index < -0.39 is 43.8 Å². The molecule has 0 unspecified atom stereocenters. The minimum absolute atomic E-state index is 0.0834. The molecule has 2 atom stereocenters. The van der Waals surface area contributed by atoms with Crippen LogP contribution in [0, 0.1) is 0 Å². The van der Waals surface area contributed by atoms with E-state index in [2.05, 4.69) is 5.32 Å². The van der Waals surface area contributed by atoms with Crippen LogP contribution >= 0.6 is 0 Å². The van der Waals surface area contributed by atoms with Crippen molar-refractivity contribution in [1.29, 1.82) is 0 Å². The molecule has 0 spiro atoms. The van der Waals surface area contributed by atoms with E-state index in [1.54, 1.807) is 6.92 Å². The molecule has 0 aromatic heterocycles. The smallest absolute Gasteiger partial charge is 0.480 e. The van der Waals surface area contributed by atoms with Crippen molar-refractivity contribution >= 4 is 21.7 Å². The van der Waals surface area contributed by atoms with E-state index in [1.807, 2.05) is 0 Å². The predicted molar refractivity (Wildman–Crippen MR) is 112 cm³/mol. The highest BCUT2D eigenvalue weighted by Crippen LogP contribution is 2.36. The van der Waals surface area contributed by atoms with E-state index in [1.165, 1.54) is 42.5 Å². The molecule has 1 aliphatic heterocycles. The Kier molecular flexibility index (Phi) is 6.85. The maximum Gasteiger partial charge on any atom is 0.501 e. The second kappa shape index (κ2) is 9.14. The number of amides is 1. The number of nitrogens with one attached hydrogen (secondary N) is 1. The Morgan fingerprint density at radius 3 is 2.33 bits per heavy atom. The Morgan fingerprint density at radius 2 is 1.79 bits per heavy atom. The number of hydrogen-bond acceptors (Lipinski definition) is 5. The van der Waals surface area contributed by atoms with Gasteiger partial charge in [-0.1, -0.05) is 42.5 Å². The molecule has 0 bridgehead atoms. The van der Waals surface area contributed by atoms with Crippen molar-refractivity contribution in [2.24, 2.45) is 0 Å². The van der Waals surface area contributed by atoms with Crippen LogP contribution in [-0.4, -0.2) is 49.2 Å². The first-order chi connectivity index (χ1) is 15.3. The maximum atomic E-state index is 13.1. The number of carboxylic acid groups (broad SMARTS) is 1. The van der Waals surface area contributed by atoms with Gasteiger partial charge in [-0.3, -0.25) is 4.79 Å². The molecule has 1 saturated heterocycles. The largest absolute Gasteiger partial charge is 0.501 e. The van der Waals surface area contributed by atoms with Crippen LogP contribution in [0.25, 0.3) is 11.1 Å². The van der Waals surface area contributed by atoms with Gasteiger partial charge in [0.1, 0.15) is 11.6 Å². The average Bonchev–Trinajstić information content (AvgIpc) is 3.21. The van der Waals surface area contributed by atoms with Crippen molar-refractivity contribution in [2.45, 2.75) is 48.2 Å². The molecule has 1 amide bonds. The normalized spacial score (nSPS) is 19.8. The van der Waals surface area contributed by atoms with Gasteiger partial charge in [-0.15, -0.1) is 0 Å². The number of halogens is 3. The summed E-state index contributed by atoms with van der Waals surface area (Å²) in [5, 5.41) is 12.0. The highest BCUT2D eigenvalue weighted by atomic mass is 32.2. The SMILES string of the molecule is C[C@@]1(C(=O)N[C@@H](Cc2ccc(-c3ccccc3S(=O)(=O)C(F)(F)F)cc2)C(=O)O)CCCO1. The third-order valence-electron chi connectivity index (χ3n) is 5.49. The lowest BCUT2D eigenvalue weighted by molar-refractivity contribution is -0.147. The van der Waals surface area contributed by atoms with E-state index in [0.29, 0.717) is 25.0 Å². The van der Waals surface area contributed by atoms with Crippen molar-refractivity contribution in [3.05, 3.63) is 54.1 Å². The van der Waals surface area contributed by atoms with Crippen LogP contribution in [0.4, 0.5) is 13.2 Å². The van der Waals surface area contributed by atoms with Crippen molar-refractivity contribution in [3.8, 4) is 11.1 Å². The molecule has 0 saturated carbocycles. The summed E-state index contributed by atoms with van der Waals surface area (Å²) in [6.45, 7) is 2.00. The van der Waals surface area contributed by atoms with Crippen LogP contribution < -0.4 is 5.32 Å². The molecule has 1 heterocycles. The van der Waals surface area contributed by atoms with E-state index in [4.69, 9.17) is 4.74 Å². The van der Waals surface area contributed by atoms with Gasteiger partial charge in [0.15, 0.2) is 0 Å². The fourth-order valence-electron chi connectivity index (χ4n) is 3.59. The predicted octanol–water partition coefficient (Wildman–Crippen LogP) is 3.33. The van der Waals surface area contributed by atoms with Gasteiger partial charge in [0, 0.05) is 18.6 Å². The van der Waals surface area contributed by atoms with Gasteiger partial charge in [-0.05, 0) is 37.0 Å². The standard InChI is InChI=1S/C22H22F3NO6S/c1-21(11-4-12-32-21)20(29)26-17(19(27)28)13-14-7-9-15(10-8-14)16-5-2-3-6-18(16)33(30,31)22(23,24)25/h2-3,5-10,17H,4,11-13H2,1H3,(H,26,29)(H,27,28)/t17-,21-/m0/s1. The van der Waals surface area contributed by atoms with Gasteiger partial charge in [-0.25, -0.2) is 13.2 Å². The first kappa shape index (κ1) is 24.7. The number of carboxylic acids is 1. The minimum Gasteiger partial charge on any atom is -0.480 e. The lowest BCUT2D eigenvalue weighted by atomic mass is 9.98. The molecule has 1 aliphatic rings. The fourth-order valence-corrected chi connectivity index (χ4v) is 4.57. The number of hydrogen-bond donors (Lipinski definition) is 2. The zero-order chi connectivity index (χ0) is 24.4. The zero-order valence-corrected chi connectivity index (χ0v) is 18.4. The summed E-state index contributed by atoms with van der Waals surface area (Å²) in [4.78, 5) is 23.3.